The largest absolute Gasteiger partial charge is 0.324 e. The molecule has 8 nitrogen and oxygen atoms in total. The van der Waals surface area contributed by atoms with Crippen LogP contribution in [0.1, 0.15) is 10.4 Å². The molecule has 1 amide bonds. The zero-order valence-electron chi connectivity index (χ0n) is 12.2. The Morgan fingerprint density at radius 2 is 2.00 bits per heavy atom. The van der Waals surface area contributed by atoms with E-state index in [9.17, 15) is 13.2 Å². The molecule has 1 unspecified atom stereocenters. The lowest BCUT2D eigenvalue weighted by Gasteiger charge is -2.14. The molecule has 0 spiro atoms. The van der Waals surface area contributed by atoms with Gasteiger partial charge in [-0.1, -0.05) is 24.1 Å². The molecule has 24 heavy (non-hydrogen) atoms. The highest BCUT2D eigenvalue weighted by atomic mass is 32.2. The predicted molar refractivity (Wildman–Crippen MR) is 86.2 cm³/mol. The molecule has 1 N–H and O–H groups in total. The molecule has 1 atom stereocenters. The third-order valence-electron chi connectivity index (χ3n) is 3.20. The van der Waals surface area contributed by atoms with Crippen LogP contribution in [-0.4, -0.2) is 38.6 Å². The number of carbonyl (C=O) groups excluding carboxylic acids is 1. The summed E-state index contributed by atoms with van der Waals surface area (Å²) in [5, 5.41) is 0.750. The van der Waals surface area contributed by atoms with Crippen molar-refractivity contribution in [1.29, 1.82) is 0 Å². The monoisotopic (exact) mass is 341 g/mol. The van der Waals surface area contributed by atoms with E-state index in [-0.39, 0.29) is 5.65 Å². The van der Waals surface area contributed by atoms with Gasteiger partial charge in [0.1, 0.15) is 18.2 Å². The third-order valence-corrected chi connectivity index (χ3v) is 4.87. The summed E-state index contributed by atoms with van der Waals surface area (Å²) >= 11 is 0. The molecular formula is C15H11N5O3S. The Bertz CT molecular complexity index is 1040. The van der Waals surface area contributed by atoms with Crippen LogP contribution in [0.3, 0.4) is 0 Å². The first-order valence-electron chi connectivity index (χ1n) is 6.73. The molecule has 0 fully saturated rings. The van der Waals surface area contributed by atoms with Crippen LogP contribution in [-0.2, 0) is 10.0 Å². The lowest BCUT2D eigenvalue weighted by atomic mass is 10.2. The number of amides is 1. The lowest BCUT2D eigenvalue weighted by molar-refractivity contribution is 0.0954. The van der Waals surface area contributed by atoms with Crippen molar-refractivity contribution in [1.82, 2.24) is 24.2 Å². The molecule has 0 aliphatic heterocycles. The second-order valence-electron chi connectivity index (χ2n) is 4.70. The minimum Gasteiger partial charge on any atom is -0.324 e. The van der Waals surface area contributed by atoms with Gasteiger partial charge in [0.2, 0.25) is 5.37 Å². The molecule has 120 valence electrons. The van der Waals surface area contributed by atoms with Gasteiger partial charge in [-0.2, -0.15) is 0 Å². The van der Waals surface area contributed by atoms with E-state index in [2.05, 4.69) is 26.2 Å². The predicted octanol–water partition coefficient (Wildman–Crippen LogP) is 0.393. The number of nitrogens with one attached hydrogen (secondary N) is 1. The quantitative estimate of drug-likeness (QED) is 0.688. The standard InChI is InChI=1S/C15H11N5O3S/c1-2-13(19-15(21)11-6-4-3-5-7-11)24(22,23)20-10-18-12-8-16-9-17-14(12)20/h1,3-10,13H,(H,19,21). The van der Waals surface area contributed by atoms with Crippen LogP contribution in [0, 0.1) is 12.3 Å². The van der Waals surface area contributed by atoms with Gasteiger partial charge in [0.15, 0.2) is 5.65 Å². The Kier molecular flexibility index (Phi) is 3.97. The van der Waals surface area contributed by atoms with Crippen molar-refractivity contribution in [2.45, 2.75) is 5.37 Å². The first-order chi connectivity index (χ1) is 11.5. The van der Waals surface area contributed by atoms with Gasteiger partial charge in [-0.25, -0.2) is 27.3 Å². The van der Waals surface area contributed by atoms with E-state index < -0.39 is 21.3 Å². The molecule has 0 radical (unpaired) electrons. The molecule has 3 aromatic rings. The summed E-state index contributed by atoms with van der Waals surface area (Å²) in [6.45, 7) is 0. The van der Waals surface area contributed by atoms with Crippen LogP contribution >= 0.6 is 0 Å². The van der Waals surface area contributed by atoms with E-state index in [1.807, 2.05) is 0 Å². The summed E-state index contributed by atoms with van der Waals surface area (Å²) in [5.74, 6) is 1.49. The summed E-state index contributed by atoms with van der Waals surface area (Å²) in [4.78, 5) is 23.7. The maximum atomic E-state index is 12.7. The Labute approximate surface area is 137 Å². The SMILES string of the molecule is C#CC(NC(=O)c1ccccc1)S(=O)(=O)n1cnc2cncnc21. The summed E-state index contributed by atoms with van der Waals surface area (Å²) in [6.07, 6.45) is 8.98. The maximum absolute atomic E-state index is 12.7. The average molecular weight is 341 g/mol. The number of aromatic nitrogens is 4. The van der Waals surface area contributed by atoms with E-state index >= 15 is 0 Å². The second kappa shape index (κ2) is 6.10. The average Bonchev–Trinajstić information content (AvgIpc) is 3.05. The molecule has 0 bridgehead atoms. The summed E-state index contributed by atoms with van der Waals surface area (Å²) in [5.41, 5.74) is 0.677. The third kappa shape index (κ3) is 2.70. The van der Waals surface area contributed by atoms with Crippen LogP contribution in [0.15, 0.2) is 49.2 Å². The molecule has 2 heterocycles. The van der Waals surface area contributed by atoms with E-state index in [1.54, 1.807) is 30.3 Å². The van der Waals surface area contributed by atoms with Gasteiger partial charge in [-0.15, -0.1) is 6.42 Å². The van der Waals surface area contributed by atoms with E-state index in [0.717, 1.165) is 10.3 Å². The fraction of sp³-hybridized carbons (Fsp3) is 0.0667. The van der Waals surface area contributed by atoms with Gasteiger partial charge >= 0.3 is 0 Å². The van der Waals surface area contributed by atoms with Gasteiger partial charge in [-0.3, -0.25) is 4.79 Å². The molecule has 0 aliphatic rings. The number of fused-ring (bicyclic) bond motifs is 1. The summed E-state index contributed by atoms with van der Waals surface area (Å²) < 4.78 is 26.3. The first-order valence-corrected chi connectivity index (χ1v) is 8.24. The molecule has 0 aliphatic carbocycles. The minimum atomic E-state index is -4.14. The Morgan fingerprint density at radius 1 is 1.25 bits per heavy atom. The molecule has 0 saturated heterocycles. The van der Waals surface area contributed by atoms with Crippen molar-refractivity contribution in [2.24, 2.45) is 0 Å². The number of imidazole rings is 1. The van der Waals surface area contributed by atoms with Gasteiger partial charge in [0.05, 0.1) is 6.20 Å². The minimum absolute atomic E-state index is 0.0826. The Balaban J connectivity index is 1.95. The number of rotatable bonds is 4. The van der Waals surface area contributed by atoms with Crippen LogP contribution < -0.4 is 5.32 Å². The summed E-state index contributed by atoms with van der Waals surface area (Å²) in [7, 11) is -4.14. The molecule has 1 aromatic carbocycles. The van der Waals surface area contributed by atoms with Crippen molar-refractivity contribution < 1.29 is 13.2 Å². The maximum Gasteiger partial charge on any atom is 0.274 e. The van der Waals surface area contributed by atoms with Crippen LogP contribution in [0.5, 0.6) is 0 Å². The smallest absolute Gasteiger partial charge is 0.274 e. The van der Waals surface area contributed by atoms with Crippen molar-refractivity contribution >= 4 is 27.1 Å². The fourth-order valence-electron chi connectivity index (χ4n) is 2.04. The molecule has 9 heteroatoms. The van der Waals surface area contributed by atoms with E-state index in [0.29, 0.717) is 11.1 Å². The number of hydrogen-bond acceptors (Lipinski definition) is 6. The highest BCUT2D eigenvalue weighted by Gasteiger charge is 2.29. The van der Waals surface area contributed by atoms with Crippen LogP contribution in [0.4, 0.5) is 0 Å². The molecule has 0 saturated carbocycles. The highest BCUT2D eigenvalue weighted by molar-refractivity contribution is 7.90. The molecule has 2 aromatic heterocycles. The zero-order chi connectivity index (χ0) is 17.2. The topological polar surface area (TPSA) is 107 Å². The number of terminal acetylenes is 1. The van der Waals surface area contributed by atoms with Crippen LogP contribution in [0.2, 0.25) is 0 Å². The van der Waals surface area contributed by atoms with Crippen molar-refractivity contribution in [2.75, 3.05) is 0 Å². The Morgan fingerprint density at radius 3 is 2.71 bits per heavy atom. The van der Waals surface area contributed by atoms with E-state index in [1.165, 1.54) is 12.5 Å². The zero-order valence-corrected chi connectivity index (χ0v) is 13.0. The van der Waals surface area contributed by atoms with Crippen molar-refractivity contribution in [3.05, 3.63) is 54.7 Å². The molecule has 3 rings (SSSR count). The van der Waals surface area contributed by atoms with Gasteiger partial charge in [-0.05, 0) is 12.1 Å². The second-order valence-corrected chi connectivity index (χ2v) is 6.60. The van der Waals surface area contributed by atoms with Gasteiger partial charge in [0.25, 0.3) is 15.9 Å². The fourth-order valence-corrected chi connectivity index (χ4v) is 3.26. The highest BCUT2D eigenvalue weighted by Crippen LogP contribution is 2.13. The summed E-state index contributed by atoms with van der Waals surface area (Å²) in [6, 6.07) is 8.16. The molecular weight excluding hydrogens is 330 g/mol. The Hall–Kier alpha value is -3.25. The van der Waals surface area contributed by atoms with Gasteiger partial charge < -0.3 is 5.32 Å². The normalized spacial score (nSPS) is 12.5. The first kappa shape index (κ1) is 15.6. The van der Waals surface area contributed by atoms with E-state index in [4.69, 9.17) is 6.42 Å². The number of hydrogen-bond donors (Lipinski definition) is 1. The van der Waals surface area contributed by atoms with Crippen LogP contribution in [0.25, 0.3) is 11.2 Å². The van der Waals surface area contributed by atoms with Gasteiger partial charge in [0, 0.05) is 5.56 Å². The number of nitrogens with zero attached hydrogens (tertiary/aromatic N) is 4. The lowest BCUT2D eigenvalue weighted by Crippen LogP contribution is -2.42. The van der Waals surface area contributed by atoms with Crippen molar-refractivity contribution in [3.8, 4) is 12.3 Å². The number of benzene rings is 1. The van der Waals surface area contributed by atoms with Crippen molar-refractivity contribution in [3.63, 3.8) is 0 Å². The number of carbonyl (C=O) groups is 1.